The van der Waals surface area contributed by atoms with Crippen LogP contribution in [0.25, 0.3) is 0 Å². The molecule has 1 aromatic carbocycles. The van der Waals surface area contributed by atoms with E-state index in [1.165, 1.54) is 6.92 Å². The van der Waals surface area contributed by atoms with Crippen molar-refractivity contribution in [1.82, 2.24) is 5.32 Å². The largest absolute Gasteiger partial charge is 0.467 e. The molecule has 1 amide bonds. The molecule has 1 saturated heterocycles. The van der Waals surface area contributed by atoms with Gasteiger partial charge in [-0.3, -0.25) is 9.59 Å². The van der Waals surface area contributed by atoms with Gasteiger partial charge >= 0.3 is 0 Å². The minimum atomic E-state index is -0.597. The van der Waals surface area contributed by atoms with Gasteiger partial charge in [0.1, 0.15) is 17.5 Å². The number of rotatable bonds is 1. The third-order valence-corrected chi connectivity index (χ3v) is 5.33. The highest BCUT2D eigenvalue weighted by Gasteiger charge is 2.59. The summed E-state index contributed by atoms with van der Waals surface area (Å²) in [7, 11) is 0. The molecule has 2 fully saturated rings. The average molecular weight is 285 g/mol. The SMILES string of the molecule is CC(=O)[C@@H]1C(=O)N[C@]23CCCC[C@@H]2[C@H]1c1ccccc1O3. The van der Waals surface area contributed by atoms with Crippen molar-refractivity contribution < 1.29 is 14.3 Å². The number of hydrogen-bond acceptors (Lipinski definition) is 3. The summed E-state index contributed by atoms with van der Waals surface area (Å²) < 4.78 is 6.25. The molecular weight excluding hydrogens is 266 g/mol. The van der Waals surface area contributed by atoms with E-state index in [1.54, 1.807) is 0 Å². The number of Topliss-reactive ketones (excluding diaryl/α,β-unsaturated/α-hetero) is 1. The highest BCUT2D eigenvalue weighted by molar-refractivity contribution is 6.02. The van der Waals surface area contributed by atoms with Gasteiger partial charge in [0, 0.05) is 18.3 Å². The van der Waals surface area contributed by atoms with Gasteiger partial charge in [0.2, 0.25) is 5.91 Å². The monoisotopic (exact) mass is 285 g/mol. The van der Waals surface area contributed by atoms with Crippen molar-refractivity contribution >= 4 is 11.7 Å². The van der Waals surface area contributed by atoms with Gasteiger partial charge < -0.3 is 10.1 Å². The van der Waals surface area contributed by atoms with E-state index in [0.29, 0.717) is 0 Å². The van der Waals surface area contributed by atoms with Gasteiger partial charge in [0.25, 0.3) is 0 Å². The first kappa shape index (κ1) is 12.9. The summed E-state index contributed by atoms with van der Waals surface area (Å²) >= 11 is 0. The Kier molecular flexibility index (Phi) is 2.65. The predicted octanol–water partition coefficient (Wildman–Crippen LogP) is 2.38. The molecule has 1 saturated carbocycles. The van der Waals surface area contributed by atoms with Crippen molar-refractivity contribution in [2.75, 3.05) is 0 Å². The fourth-order valence-corrected chi connectivity index (χ4v) is 4.51. The fraction of sp³-hybridized carbons (Fsp3) is 0.529. The first-order valence-electron chi connectivity index (χ1n) is 7.73. The summed E-state index contributed by atoms with van der Waals surface area (Å²) in [5.74, 6) is 0.195. The van der Waals surface area contributed by atoms with Crippen LogP contribution in [0, 0.1) is 11.8 Å². The Labute approximate surface area is 123 Å². The van der Waals surface area contributed by atoms with E-state index in [0.717, 1.165) is 37.0 Å². The number of piperidine rings is 1. The number of carbonyl (C=O) groups excluding carboxylic acids is 2. The maximum atomic E-state index is 12.5. The molecule has 0 radical (unpaired) electrons. The maximum Gasteiger partial charge on any atom is 0.234 e. The number of amides is 1. The summed E-state index contributed by atoms with van der Waals surface area (Å²) in [4.78, 5) is 24.6. The Balaban J connectivity index is 1.92. The van der Waals surface area contributed by atoms with Crippen LogP contribution in [0.5, 0.6) is 5.75 Å². The van der Waals surface area contributed by atoms with Gasteiger partial charge in [0.15, 0.2) is 5.72 Å². The van der Waals surface area contributed by atoms with Gasteiger partial charge in [-0.25, -0.2) is 0 Å². The Morgan fingerprint density at radius 2 is 2.14 bits per heavy atom. The predicted molar refractivity (Wildman–Crippen MR) is 76.8 cm³/mol. The summed E-state index contributed by atoms with van der Waals surface area (Å²) in [6, 6.07) is 7.86. The van der Waals surface area contributed by atoms with E-state index in [2.05, 4.69) is 5.32 Å². The number of ether oxygens (including phenoxy) is 1. The number of para-hydroxylation sites is 1. The van der Waals surface area contributed by atoms with Crippen LogP contribution in [-0.4, -0.2) is 17.4 Å². The van der Waals surface area contributed by atoms with Gasteiger partial charge in [-0.2, -0.15) is 0 Å². The van der Waals surface area contributed by atoms with Crippen molar-refractivity contribution in [3.8, 4) is 5.75 Å². The lowest BCUT2D eigenvalue weighted by Gasteiger charge is -2.56. The fourth-order valence-electron chi connectivity index (χ4n) is 4.51. The second-order valence-electron chi connectivity index (χ2n) is 6.49. The second kappa shape index (κ2) is 4.33. The van der Waals surface area contributed by atoms with Crippen LogP contribution >= 0.6 is 0 Å². The van der Waals surface area contributed by atoms with E-state index in [-0.39, 0.29) is 23.5 Å². The van der Waals surface area contributed by atoms with Gasteiger partial charge in [-0.05, 0) is 31.4 Å². The van der Waals surface area contributed by atoms with E-state index in [4.69, 9.17) is 4.74 Å². The minimum absolute atomic E-state index is 0.0403. The molecule has 21 heavy (non-hydrogen) atoms. The number of ketones is 1. The highest BCUT2D eigenvalue weighted by atomic mass is 16.5. The van der Waals surface area contributed by atoms with Crippen molar-refractivity contribution in [3.05, 3.63) is 29.8 Å². The first-order valence-corrected chi connectivity index (χ1v) is 7.73. The van der Waals surface area contributed by atoms with E-state index < -0.39 is 11.6 Å². The molecule has 110 valence electrons. The average Bonchev–Trinajstić information content (AvgIpc) is 2.45. The molecule has 2 heterocycles. The van der Waals surface area contributed by atoms with Crippen LogP contribution in [0.1, 0.15) is 44.1 Å². The third kappa shape index (κ3) is 1.68. The molecular formula is C17H19NO3. The summed E-state index contributed by atoms with van der Waals surface area (Å²) in [5.41, 5.74) is 0.426. The van der Waals surface area contributed by atoms with Crippen molar-refractivity contribution in [3.63, 3.8) is 0 Å². The van der Waals surface area contributed by atoms with E-state index in [1.807, 2.05) is 24.3 Å². The van der Waals surface area contributed by atoms with Gasteiger partial charge in [-0.15, -0.1) is 0 Å². The molecule has 1 aliphatic carbocycles. The lowest BCUT2D eigenvalue weighted by atomic mass is 9.61. The Morgan fingerprint density at radius 1 is 1.33 bits per heavy atom. The maximum absolute atomic E-state index is 12.5. The summed E-state index contributed by atoms with van der Waals surface area (Å²) in [6.07, 6.45) is 4.02. The normalized spacial score (nSPS) is 36.8. The van der Waals surface area contributed by atoms with E-state index >= 15 is 0 Å². The number of fused-ring (bicyclic) bond motifs is 2. The summed E-state index contributed by atoms with van der Waals surface area (Å²) in [5, 5.41) is 3.05. The smallest absolute Gasteiger partial charge is 0.234 e. The lowest BCUT2D eigenvalue weighted by Crippen LogP contribution is -2.69. The van der Waals surface area contributed by atoms with Crippen LogP contribution in [0.4, 0.5) is 0 Å². The quantitative estimate of drug-likeness (QED) is 0.806. The molecule has 4 heteroatoms. The molecule has 4 nitrogen and oxygen atoms in total. The van der Waals surface area contributed by atoms with Crippen LogP contribution in [0.2, 0.25) is 0 Å². The first-order chi connectivity index (χ1) is 10.1. The molecule has 3 aliphatic rings. The molecule has 2 aliphatic heterocycles. The number of hydrogen-bond donors (Lipinski definition) is 1. The van der Waals surface area contributed by atoms with Crippen LogP contribution in [0.3, 0.4) is 0 Å². The number of carbonyl (C=O) groups is 2. The topological polar surface area (TPSA) is 55.4 Å². The van der Waals surface area contributed by atoms with Crippen LogP contribution in [0.15, 0.2) is 24.3 Å². The molecule has 1 N–H and O–H groups in total. The zero-order chi connectivity index (χ0) is 14.6. The third-order valence-electron chi connectivity index (χ3n) is 5.33. The summed E-state index contributed by atoms with van der Waals surface area (Å²) in [6.45, 7) is 1.53. The van der Waals surface area contributed by atoms with Gasteiger partial charge in [0.05, 0.1) is 0 Å². The van der Waals surface area contributed by atoms with Crippen molar-refractivity contribution in [2.24, 2.45) is 11.8 Å². The molecule has 1 aromatic rings. The zero-order valence-corrected chi connectivity index (χ0v) is 12.1. The van der Waals surface area contributed by atoms with Crippen molar-refractivity contribution in [2.45, 2.75) is 44.2 Å². The number of nitrogens with one attached hydrogen (secondary N) is 1. The Hall–Kier alpha value is -1.84. The van der Waals surface area contributed by atoms with Crippen LogP contribution in [-0.2, 0) is 9.59 Å². The van der Waals surface area contributed by atoms with Crippen LogP contribution < -0.4 is 10.1 Å². The zero-order valence-electron chi connectivity index (χ0n) is 12.1. The van der Waals surface area contributed by atoms with E-state index in [9.17, 15) is 9.59 Å². The minimum Gasteiger partial charge on any atom is -0.467 e. The van der Waals surface area contributed by atoms with Crippen molar-refractivity contribution in [1.29, 1.82) is 0 Å². The Morgan fingerprint density at radius 3 is 2.95 bits per heavy atom. The standard InChI is InChI=1S/C17H19NO3/c1-10(19)14-15-11-6-2-3-8-13(11)21-17(18-16(14)20)9-5-4-7-12(15)17/h2-3,6,8,12,14-15H,4-5,7,9H2,1H3,(H,18,20)/t12-,14+,15-,17+/m1/s1. The molecule has 0 aromatic heterocycles. The molecule has 4 rings (SSSR count). The lowest BCUT2D eigenvalue weighted by molar-refractivity contribution is -0.160. The van der Waals surface area contributed by atoms with Gasteiger partial charge in [-0.1, -0.05) is 24.6 Å². The molecule has 4 atom stereocenters. The molecule has 0 spiro atoms. The Bertz CT molecular complexity index is 626. The molecule has 2 bridgehead atoms. The highest BCUT2D eigenvalue weighted by Crippen LogP contribution is 2.55. The molecule has 0 unspecified atom stereocenters. The number of benzene rings is 1. The second-order valence-corrected chi connectivity index (χ2v) is 6.49.